The van der Waals surface area contributed by atoms with Gasteiger partial charge in [0.2, 0.25) is 0 Å². The fourth-order valence-corrected chi connectivity index (χ4v) is 2.05. The molecule has 0 bridgehead atoms. The number of hydrogen-bond donors (Lipinski definition) is 1. The summed E-state index contributed by atoms with van der Waals surface area (Å²) in [7, 11) is 1.63. The molecule has 1 aromatic carbocycles. The predicted molar refractivity (Wildman–Crippen MR) is 76.4 cm³/mol. The maximum atomic E-state index is 6.18. The van der Waals surface area contributed by atoms with Crippen LogP contribution < -0.4 is 10.5 Å². The van der Waals surface area contributed by atoms with Crippen LogP contribution in [0.4, 0.5) is 0 Å². The van der Waals surface area contributed by atoms with Gasteiger partial charge in [-0.2, -0.15) is 0 Å². The van der Waals surface area contributed by atoms with Gasteiger partial charge < -0.3 is 10.5 Å². The van der Waals surface area contributed by atoms with Crippen LogP contribution in [-0.4, -0.2) is 17.1 Å². The predicted octanol–water partition coefficient (Wildman–Crippen LogP) is 2.88. The lowest BCUT2D eigenvalue weighted by molar-refractivity contribution is 0.416. The Morgan fingerprint density at radius 1 is 1.21 bits per heavy atom. The molecule has 1 heterocycles. The largest absolute Gasteiger partial charge is 0.496 e. The Morgan fingerprint density at radius 2 is 1.95 bits per heavy atom. The van der Waals surface area contributed by atoms with E-state index in [1.54, 1.807) is 7.11 Å². The van der Waals surface area contributed by atoms with Gasteiger partial charge in [-0.3, -0.25) is 0 Å². The Bertz CT molecular complexity index is 614. The van der Waals surface area contributed by atoms with Crippen LogP contribution in [0.25, 0.3) is 11.3 Å². The zero-order valence-corrected chi connectivity index (χ0v) is 12.0. The van der Waals surface area contributed by atoms with Gasteiger partial charge in [-0.05, 0) is 37.6 Å². The first-order valence-electron chi connectivity index (χ1n) is 5.94. The van der Waals surface area contributed by atoms with Crippen LogP contribution >= 0.6 is 11.6 Å². The lowest BCUT2D eigenvalue weighted by Gasteiger charge is -2.11. The maximum absolute atomic E-state index is 6.18. The topological polar surface area (TPSA) is 61.0 Å². The fraction of sp³-hybridized carbons (Fsp3) is 0.286. The number of aryl methyl sites for hydroxylation is 2. The summed E-state index contributed by atoms with van der Waals surface area (Å²) in [4.78, 5) is 8.69. The van der Waals surface area contributed by atoms with E-state index in [-0.39, 0.29) is 0 Å². The minimum Gasteiger partial charge on any atom is -0.496 e. The van der Waals surface area contributed by atoms with Gasteiger partial charge in [-0.25, -0.2) is 9.97 Å². The van der Waals surface area contributed by atoms with E-state index < -0.39 is 0 Å². The Hall–Kier alpha value is -1.65. The first kappa shape index (κ1) is 13.8. The summed E-state index contributed by atoms with van der Waals surface area (Å²) in [5.41, 5.74) is 9.05. The molecule has 1 aromatic heterocycles. The number of halogens is 1. The minimum absolute atomic E-state index is 0.302. The van der Waals surface area contributed by atoms with Crippen LogP contribution in [0, 0.1) is 13.8 Å². The number of nitrogens with zero attached hydrogens (tertiary/aromatic N) is 2. The van der Waals surface area contributed by atoms with E-state index in [4.69, 9.17) is 22.1 Å². The molecule has 0 amide bonds. The third-order valence-corrected chi connectivity index (χ3v) is 3.25. The molecule has 19 heavy (non-hydrogen) atoms. The zero-order chi connectivity index (χ0) is 14.0. The normalized spacial score (nSPS) is 10.6. The highest BCUT2D eigenvalue weighted by atomic mass is 35.5. The Kier molecular flexibility index (Phi) is 4.02. The molecule has 0 saturated carbocycles. The van der Waals surface area contributed by atoms with Crippen molar-refractivity contribution in [1.29, 1.82) is 0 Å². The van der Waals surface area contributed by atoms with Gasteiger partial charge in [0.05, 0.1) is 19.3 Å². The van der Waals surface area contributed by atoms with Crippen LogP contribution in [-0.2, 0) is 6.54 Å². The number of ether oxygens (including phenoxy) is 1. The summed E-state index contributed by atoms with van der Waals surface area (Å²) in [5, 5.41) is 0.682. The Balaban J connectivity index is 2.63. The lowest BCUT2D eigenvalue weighted by Crippen LogP contribution is -2.05. The molecule has 0 spiro atoms. The van der Waals surface area contributed by atoms with Gasteiger partial charge >= 0.3 is 0 Å². The summed E-state index contributed by atoms with van der Waals surface area (Å²) in [6, 6.07) is 5.65. The van der Waals surface area contributed by atoms with Crippen molar-refractivity contribution in [3.8, 4) is 17.0 Å². The van der Waals surface area contributed by atoms with E-state index in [1.165, 1.54) is 0 Å². The molecule has 4 nitrogen and oxygen atoms in total. The number of aromatic nitrogens is 2. The summed E-state index contributed by atoms with van der Waals surface area (Å²) in [5.74, 6) is 1.34. The van der Waals surface area contributed by atoms with E-state index in [1.807, 2.05) is 32.0 Å². The fourth-order valence-electron chi connectivity index (χ4n) is 1.88. The first-order chi connectivity index (χ1) is 9.05. The summed E-state index contributed by atoms with van der Waals surface area (Å²) >= 11 is 6.18. The van der Waals surface area contributed by atoms with Crippen molar-refractivity contribution < 1.29 is 4.74 Å². The van der Waals surface area contributed by atoms with Crippen molar-refractivity contribution in [1.82, 2.24) is 9.97 Å². The van der Waals surface area contributed by atoms with Crippen molar-refractivity contribution >= 4 is 11.6 Å². The maximum Gasteiger partial charge on any atom is 0.142 e. The van der Waals surface area contributed by atoms with E-state index in [0.29, 0.717) is 17.4 Å². The smallest absolute Gasteiger partial charge is 0.142 e. The van der Waals surface area contributed by atoms with Crippen molar-refractivity contribution in [3.63, 3.8) is 0 Å². The van der Waals surface area contributed by atoms with Crippen LogP contribution in [0.1, 0.15) is 17.1 Å². The van der Waals surface area contributed by atoms with Crippen LogP contribution in [0.15, 0.2) is 18.2 Å². The molecule has 2 rings (SSSR count). The highest BCUT2D eigenvalue weighted by molar-refractivity contribution is 6.31. The average Bonchev–Trinajstić information content (AvgIpc) is 2.40. The second kappa shape index (κ2) is 5.55. The molecule has 0 saturated heterocycles. The van der Waals surface area contributed by atoms with Gasteiger partial charge in [0, 0.05) is 16.3 Å². The van der Waals surface area contributed by atoms with Crippen LogP contribution in [0.3, 0.4) is 0 Å². The zero-order valence-electron chi connectivity index (χ0n) is 11.2. The van der Waals surface area contributed by atoms with Crippen LogP contribution in [0.5, 0.6) is 5.75 Å². The Labute approximate surface area is 117 Å². The molecule has 0 aliphatic carbocycles. The highest BCUT2D eigenvalue weighted by Crippen LogP contribution is 2.33. The standard InChI is InChI=1S/C14H16ClN3O/c1-8-4-13(19-3)10(6-11(8)15)12-5-9(2)17-14(7-16)18-12/h4-6H,7,16H2,1-3H3. The third-order valence-electron chi connectivity index (χ3n) is 2.84. The number of hydrogen-bond acceptors (Lipinski definition) is 4. The van der Waals surface area contributed by atoms with Crippen molar-refractivity contribution in [2.75, 3.05) is 7.11 Å². The summed E-state index contributed by atoms with van der Waals surface area (Å²) < 4.78 is 5.40. The second-order valence-electron chi connectivity index (χ2n) is 4.32. The quantitative estimate of drug-likeness (QED) is 0.937. The molecule has 5 heteroatoms. The molecule has 2 N–H and O–H groups in total. The molecule has 0 fully saturated rings. The van der Waals surface area contributed by atoms with Crippen molar-refractivity contribution in [3.05, 3.63) is 40.3 Å². The van der Waals surface area contributed by atoms with Crippen molar-refractivity contribution in [2.45, 2.75) is 20.4 Å². The van der Waals surface area contributed by atoms with Gasteiger partial charge in [0.25, 0.3) is 0 Å². The Morgan fingerprint density at radius 3 is 2.58 bits per heavy atom. The number of nitrogens with two attached hydrogens (primary N) is 1. The van der Waals surface area contributed by atoms with Gasteiger partial charge in [-0.1, -0.05) is 11.6 Å². The molecular weight excluding hydrogens is 262 g/mol. The first-order valence-corrected chi connectivity index (χ1v) is 6.32. The molecular formula is C14H16ClN3O. The highest BCUT2D eigenvalue weighted by Gasteiger charge is 2.12. The van der Waals surface area contributed by atoms with Gasteiger partial charge in [0.1, 0.15) is 11.6 Å². The molecule has 0 aliphatic heterocycles. The van der Waals surface area contributed by atoms with E-state index >= 15 is 0 Å². The molecule has 2 aromatic rings. The number of methoxy groups -OCH3 is 1. The van der Waals surface area contributed by atoms with Gasteiger partial charge in [0.15, 0.2) is 0 Å². The van der Waals surface area contributed by atoms with E-state index in [2.05, 4.69) is 9.97 Å². The second-order valence-corrected chi connectivity index (χ2v) is 4.72. The van der Waals surface area contributed by atoms with E-state index in [0.717, 1.165) is 28.3 Å². The summed E-state index contributed by atoms with van der Waals surface area (Å²) in [6.45, 7) is 4.15. The molecule has 0 aliphatic rings. The number of rotatable bonds is 3. The monoisotopic (exact) mass is 277 g/mol. The SMILES string of the molecule is COc1cc(C)c(Cl)cc1-c1cc(C)nc(CN)n1. The molecule has 0 radical (unpaired) electrons. The van der Waals surface area contributed by atoms with Crippen LogP contribution in [0.2, 0.25) is 5.02 Å². The molecule has 100 valence electrons. The lowest BCUT2D eigenvalue weighted by atomic mass is 10.1. The average molecular weight is 278 g/mol. The molecule has 0 atom stereocenters. The van der Waals surface area contributed by atoms with E-state index in [9.17, 15) is 0 Å². The third kappa shape index (κ3) is 2.85. The number of benzene rings is 1. The minimum atomic E-state index is 0.302. The molecule has 0 unspecified atom stereocenters. The van der Waals surface area contributed by atoms with Gasteiger partial charge in [-0.15, -0.1) is 0 Å². The summed E-state index contributed by atoms with van der Waals surface area (Å²) in [6.07, 6.45) is 0. The van der Waals surface area contributed by atoms with Crippen molar-refractivity contribution in [2.24, 2.45) is 5.73 Å².